The van der Waals surface area contributed by atoms with E-state index in [1.807, 2.05) is 60.0 Å². The predicted molar refractivity (Wildman–Crippen MR) is 104 cm³/mol. The number of fused-ring (bicyclic) bond motifs is 1. The number of nitrogens with zero attached hydrogens (tertiary/aromatic N) is 3. The van der Waals surface area contributed by atoms with Crippen LogP contribution in [-0.2, 0) is 16.1 Å². The van der Waals surface area contributed by atoms with Gasteiger partial charge in [-0.2, -0.15) is 0 Å². The van der Waals surface area contributed by atoms with Crippen LogP contribution in [-0.4, -0.2) is 34.0 Å². The van der Waals surface area contributed by atoms with Gasteiger partial charge in [0, 0.05) is 31.6 Å². The molecule has 0 spiro atoms. The minimum Gasteiger partial charge on any atom is -0.351 e. The summed E-state index contributed by atoms with van der Waals surface area (Å²) in [5, 5.41) is 3.00. The highest BCUT2D eigenvalue weighted by Gasteiger charge is 2.31. The van der Waals surface area contributed by atoms with Gasteiger partial charge in [-0.25, -0.2) is 4.98 Å². The Kier molecular flexibility index (Phi) is 4.62. The Hall–Kier alpha value is -3.15. The number of benzene rings is 2. The molecule has 6 heteroatoms. The topological polar surface area (TPSA) is 67.2 Å². The van der Waals surface area contributed by atoms with Crippen molar-refractivity contribution in [1.29, 1.82) is 0 Å². The Morgan fingerprint density at radius 1 is 1.19 bits per heavy atom. The lowest BCUT2D eigenvalue weighted by Crippen LogP contribution is -2.37. The molecule has 27 heavy (non-hydrogen) atoms. The molecule has 6 nitrogen and oxygen atoms in total. The Bertz CT molecular complexity index is 977. The summed E-state index contributed by atoms with van der Waals surface area (Å²) in [4.78, 5) is 30.7. The molecule has 1 saturated heterocycles. The number of para-hydroxylation sites is 2. The van der Waals surface area contributed by atoms with Gasteiger partial charge in [-0.15, -0.1) is 0 Å². The van der Waals surface area contributed by atoms with Crippen molar-refractivity contribution in [3.8, 4) is 0 Å². The summed E-state index contributed by atoms with van der Waals surface area (Å²) in [5.74, 6) is 0.00101. The largest absolute Gasteiger partial charge is 0.351 e. The smallest absolute Gasteiger partial charge is 0.229 e. The van der Waals surface area contributed by atoms with E-state index in [1.165, 1.54) is 0 Å². The molecule has 3 aromatic rings. The van der Waals surface area contributed by atoms with Crippen molar-refractivity contribution < 1.29 is 9.59 Å². The maximum atomic E-state index is 12.4. The van der Waals surface area contributed by atoms with Gasteiger partial charge < -0.3 is 14.8 Å². The van der Waals surface area contributed by atoms with Crippen molar-refractivity contribution in [2.45, 2.75) is 32.4 Å². The van der Waals surface area contributed by atoms with Crippen LogP contribution < -0.4 is 10.2 Å². The number of anilines is 1. The number of amides is 2. The molecule has 1 aromatic heterocycles. The van der Waals surface area contributed by atoms with Crippen molar-refractivity contribution in [1.82, 2.24) is 14.9 Å². The summed E-state index contributed by atoms with van der Waals surface area (Å²) in [6.45, 7) is 3.10. The molecule has 2 aromatic carbocycles. The zero-order chi connectivity index (χ0) is 18.8. The number of aromatic nitrogens is 2. The Morgan fingerprint density at radius 2 is 1.96 bits per heavy atom. The molecule has 1 aliphatic rings. The van der Waals surface area contributed by atoms with Crippen LogP contribution in [0.15, 0.2) is 54.9 Å². The van der Waals surface area contributed by atoms with E-state index >= 15 is 0 Å². The average Bonchev–Trinajstić information content (AvgIpc) is 3.24. The molecule has 0 aliphatic carbocycles. The minimum absolute atomic E-state index is 0.0451. The molecular formula is C21H22N4O2. The van der Waals surface area contributed by atoms with E-state index in [4.69, 9.17) is 0 Å². The number of imidazole rings is 1. The summed E-state index contributed by atoms with van der Waals surface area (Å²) in [5.41, 5.74) is 3.98. The lowest BCUT2D eigenvalue weighted by molar-refractivity contribution is -0.122. The normalized spacial score (nSPS) is 16.9. The molecule has 1 aliphatic heterocycles. The molecule has 0 bridgehead atoms. The van der Waals surface area contributed by atoms with Crippen LogP contribution in [0.4, 0.5) is 5.69 Å². The number of nitrogens with one attached hydrogen (secondary N) is 1. The van der Waals surface area contributed by atoms with Crippen molar-refractivity contribution in [3.05, 3.63) is 60.4 Å². The second kappa shape index (κ2) is 7.23. The van der Waals surface area contributed by atoms with Crippen molar-refractivity contribution in [2.24, 2.45) is 0 Å². The second-order valence-corrected chi connectivity index (χ2v) is 6.99. The number of hydrogen-bond acceptors (Lipinski definition) is 3. The molecule has 0 radical (unpaired) electrons. The monoisotopic (exact) mass is 362 g/mol. The fourth-order valence-corrected chi connectivity index (χ4v) is 3.49. The number of carbonyl (C=O) groups is 2. The first-order valence-corrected chi connectivity index (χ1v) is 9.16. The van der Waals surface area contributed by atoms with E-state index in [1.54, 1.807) is 11.2 Å². The van der Waals surface area contributed by atoms with Crippen molar-refractivity contribution in [3.63, 3.8) is 0 Å². The standard InChI is InChI=1S/C21H22N4O2/c1-15-6-8-17(9-7-15)25-13-16(12-21(25)27)23-20(26)10-11-24-14-22-18-4-2-3-5-19(18)24/h2-9,14,16H,10-13H2,1H3,(H,23,26)/t16-/m1/s1. The highest BCUT2D eigenvalue weighted by Crippen LogP contribution is 2.22. The number of hydrogen-bond donors (Lipinski definition) is 1. The van der Waals surface area contributed by atoms with Gasteiger partial charge in [-0.3, -0.25) is 9.59 Å². The molecule has 1 fully saturated rings. The summed E-state index contributed by atoms with van der Waals surface area (Å²) in [7, 11) is 0. The average molecular weight is 362 g/mol. The Morgan fingerprint density at radius 3 is 2.78 bits per heavy atom. The van der Waals surface area contributed by atoms with Crippen LogP contribution in [0.2, 0.25) is 0 Å². The summed E-state index contributed by atoms with van der Waals surface area (Å²) in [6.07, 6.45) is 2.46. The van der Waals surface area contributed by atoms with E-state index in [2.05, 4.69) is 10.3 Å². The lowest BCUT2D eigenvalue weighted by atomic mass is 10.2. The highest BCUT2D eigenvalue weighted by molar-refractivity contribution is 5.96. The van der Waals surface area contributed by atoms with Gasteiger partial charge in [0.2, 0.25) is 11.8 Å². The van der Waals surface area contributed by atoms with Crippen LogP contribution in [0.3, 0.4) is 0 Å². The van der Waals surface area contributed by atoms with Crippen LogP contribution in [0.25, 0.3) is 11.0 Å². The van der Waals surface area contributed by atoms with E-state index in [0.717, 1.165) is 22.3 Å². The first-order chi connectivity index (χ1) is 13.1. The molecule has 1 atom stereocenters. The third-order valence-electron chi connectivity index (χ3n) is 4.94. The van der Waals surface area contributed by atoms with Gasteiger partial charge in [0.1, 0.15) is 0 Å². The summed E-state index contributed by atoms with van der Waals surface area (Å²) in [6, 6.07) is 15.6. The number of rotatable bonds is 5. The zero-order valence-corrected chi connectivity index (χ0v) is 15.3. The third-order valence-corrected chi connectivity index (χ3v) is 4.94. The van der Waals surface area contributed by atoms with E-state index in [9.17, 15) is 9.59 Å². The Labute approximate surface area is 157 Å². The molecule has 2 heterocycles. The first-order valence-electron chi connectivity index (χ1n) is 9.16. The maximum absolute atomic E-state index is 12.4. The molecule has 1 N–H and O–H groups in total. The molecule has 2 amide bonds. The lowest BCUT2D eigenvalue weighted by Gasteiger charge is -2.17. The van der Waals surface area contributed by atoms with Crippen LogP contribution in [0.1, 0.15) is 18.4 Å². The summed E-state index contributed by atoms with van der Waals surface area (Å²) >= 11 is 0. The molecule has 0 saturated carbocycles. The van der Waals surface area contributed by atoms with Gasteiger partial charge in [0.15, 0.2) is 0 Å². The maximum Gasteiger partial charge on any atom is 0.229 e. The third kappa shape index (κ3) is 3.69. The van der Waals surface area contributed by atoms with Gasteiger partial charge in [-0.05, 0) is 31.2 Å². The van der Waals surface area contributed by atoms with Gasteiger partial charge in [0.05, 0.1) is 23.4 Å². The zero-order valence-electron chi connectivity index (χ0n) is 15.3. The van der Waals surface area contributed by atoms with Crippen LogP contribution in [0, 0.1) is 6.92 Å². The molecule has 138 valence electrons. The Balaban J connectivity index is 1.33. The number of aryl methyl sites for hydroxylation is 2. The van der Waals surface area contributed by atoms with Gasteiger partial charge in [-0.1, -0.05) is 29.8 Å². The summed E-state index contributed by atoms with van der Waals surface area (Å²) < 4.78 is 1.98. The number of carbonyl (C=O) groups excluding carboxylic acids is 2. The SMILES string of the molecule is Cc1ccc(N2C[C@H](NC(=O)CCn3cnc4ccccc43)CC2=O)cc1. The predicted octanol–water partition coefficient (Wildman–Crippen LogP) is 2.66. The molecule has 4 rings (SSSR count). The molecule has 0 unspecified atom stereocenters. The highest BCUT2D eigenvalue weighted by atomic mass is 16.2. The van der Waals surface area contributed by atoms with Crippen LogP contribution >= 0.6 is 0 Å². The molecular weight excluding hydrogens is 340 g/mol. The van der Waals surface area contributed by atoms with Crippen molar-refractivity contribution >= 4 is 28.5 Å². The minimum atomic E-state index is -0.147. The van der Waals surface area contributed by atoms with Gasteiger partial charge in [0.25, 0.3) is 0 Å². The second-order valence-electron chi connectivity index (χ2n) is 6.99. The van der Waals surface area contributed by atoms with E-state index < -0.39 is 0 Å². The first kappa shape index (κ1) is 17.3. The van der Waals surface area contributed by atoms with Gasteiger partial charge >= 0.3 is 0 Å². The van der Waals surface area contributed by atoms with Crippen molar-refractivity contribution in [2.75, 3.05) is 11.4 Å². The van der Waals surface area contributed by atoms with Crippen LogP contribution in [0.5, 0.6) is 0 Å². The quantitative estimate of drug-likeness (QED) is 0.759. The van der Waals surface area contributed by atoms with E-state index in [-0.39, 0.29) is 17.9 Å². The fraction of sp³-hybridized carbons (Fsp3) is 0.286. The fourth-order valence-electron chi connectivity index (χ4n) is 3.49. The van der Waals surface area contributed by atoms with E-state index in [0.29, 0.717) is 25.9 Å².